The van der Waals surface area contributed by atoms with Crippen molar-refractivity contribution in [2.45, 2.75) is 22.8 Å². The number of piperazine rings is 1. The van der Waals surface area contributed by atoms with Gasteiger partial charge in [0, 0.05) is 26.2 Å². The van der Waals surface area contributed by atoms with E-state index in [-0.39, 0.29) is 31.1 Å². The number of hydrogen-bond donors (Lipinski definition) is 1. The number of rotatable bonds is 7. The number of carbonyl (C=O) groups excluding carboxylic acids is 1. The Hall–Kier alpha value is -2.54. The molecule has 1 amide bonds. The molecule has 0 unspecified atom stereocenters. The summed E-state index contributed by atoms with van der Waals surface area (Å²) in [5.41, 5.74) is 0. The lowest BCUT2D eigenvalue weighted by molar-refractivity contribution is -0.133. The van der Waals surface area contributed by atoms with Crippen molar-refractivity contribution in [2.24, 2.45) is 0 Å². The number of nitrogens with zero attached hydrogens (tertiary/aromatic N) is 2. The van der Waals surface area contributed by atoms with E-state index in [1.807, 2.05) is 0 Å². The second-order valence-electron chi connectivity index (χ2n) is 7.18. The summed E-state index contributed by atoms with van der Waals surface area (Å²) in [6.07, 6.45) is 0. The highest BCUT2D eigenvalue weighted by Crippen LogP contribution is 2.21. The largest absolute Gasteiger partial charge is 0.497 e. The number of ether oxygens (including phenoxy) is 1. The Morgan fingerprint density at radius 2 is 1.59 bits per heavy atom. The van der Waals surface area contributed by atoms with Crippen molar-refractivity contribution in [2.75, 3.05) is 33.3 Å². The minimum Gasteiger partial charge on any atom is -0.497 e. The SMILES string of the molecule is COc1ccc(S(=O)(=O)N2CCN(C(=O)[C@H](C)NS(=O)(=O)c3ccccc3F)CC2)cc1. The van der Waals surface area contributed by atoms with E-state index < -0.39 is 42.7 Å². The summed E-state index contributed by atoms with van der Waals surface area (Å²) in [6, 6.07) is 9.73. The summed E-state index contributed by atoms with van der Waals surface area (Å²) in [5.74, 6) is -0.908. The molecule has 1 fully saturated rings. The van der Waals surface area contributed by atoms with Crippen LogP contribution < -0.4 is 9.46 Å². The Morgan fingerprint density at radius 1 is 1.00 bits per heavy atom. The Balaban J connectivity index is 1.63. The molecule has 32 heavy (non-hydrogen) atoms. The predicted molar refractivity (Wildman–Crippen MR) is 115 cm³/mol. The predicted octanol–water partition coefficient (Wildman–Crippen LogP) is 1.03. The molecule has 0 aromatic heterocycles. The van der Waals surface area contributed by atoms with Gasteiger partial charge >= 0.3 is 0 Å². The Labute approximate surface area is 186 Å². The quantitative estimate of drug-likeness (QED) is 0.627. The number of nitrogens with one attached hydrogen (secondary N) is 1. The van der Waals surface area contributed by atoms with Crippen molar-refractivity contribution in [1.29, 1.82) is 0 Å². The molecule has 12 heteroatoms. The maximum atomic E-state index is 13.8. The van der Waals surface area contributed by atoms with E-state index in [0.29, 0.717) is 5.75 Å². The monoisotopic (exact) mass is 485 g/mol. The molecule has 1 heterocycles. The fraction of sp³-hybridized carbons (Fsp3) is 0.350. The maximum Gasteiger partial charge on any atom is 0.244 e. The smallest absolute Gasteiger partial charge is 0.244 e. The Bertz CT molecular complexity index is 1180. The van der Waals surface area contributed by atoms with Crippen LogP contribution in [0.25, 0.3) is 0 Å². The van der Waals surface area contributed by atoms with Crippen LogP contribution in [0.15, 0.2) is 58.3 Å². The standard InChI is InChI=1S/C20H24FN3O6S2/c1-15(22-31(26,27)19-6-4-3-5-18(19)21)20(25)23-11-13-24(14-12-23)32(28,29)17-9-7-16(30-2)8-10-17/h3-10,15,22H,11-14H2,1-2H3/t15-/m0/s1. The molecule has 1 aliphatic rings. The van der Waals surface area contributed by atoms with E-state index in [1.165, 1.54) is 47.5 Å². The van der Waals surface area contributed by atoms with Gasteiger partial charge in [-0.25, -0.2) is 21.2 Å². The van der Waals surface area contributed by atoms with Crippen molar-refractivity contribution in [3.8, 4) is 5.75 Å². The second kappa shape index (κ2) is 9.53. The highest BCUT2D eigenvalue weighted by molar-refractivity contribution is 7.89. The molecule has 1 saturated heterocycles. The summed E-state index contributed by atoms with van der Waals surface area (Å²) >= 11 is 0. The van der Waals surface area contributed by atoms with Crippen LogP contribution in [0, 0.1) is 5.82 Å². The van der Waals surface area contributed by atoms with Gasteiger partial charge in [-0.2, -0.15) is 9.03 Å². The van der Waals surface area contributed by atoms with Crippen LogP contribution in [-0.4, -0.2) is 71.3 Å². The van der Waals surface area contributed by atoms with E-state index in [4.69, 9.17) is 4.74 Å². The van der Waals surface area contributed by atoms with E-state index in [1.54, 1.807) is 12.1 Å². The van der Waals surface area contributed by atoms with Gasteiger partial charge in [-0.05, 0) is 43.3 Å². The minimum absolute atomic E-state index is 0.0624. The third-order valence-corrected chi connectivity index (χ3v) is 8.56. The summed E-state index contributed by atoms with van der Waals surface area (Å²) in [7, 11) is -6.49. The van der Waals surface area contributed by atoms with Gasteiger partial charge in [0.25, 0.3) is 0 Å². The molecule has 3 rings (SSSR count). The molecular formula is C20H24FN3O6S2. The van der Waals surface area contributed by atoms with Crippen LogP contribution in [0.4, 0.5) is 4.39 Å². The molecule has 2 aromatic carbocycles. The third-order valence-electron chi connectivity index (χ3n) is 5.08. The van der Waals surface area contributed by atoms with E-state index in [9.17, 15) is 26.0 Å². The molecule has 1 N–H and O–H groups in total. The van der Waals surface area contributed by atoms with Gasteiger partial charge in [0.1, 0.15) is 16.5 Å². The van der Waals surface area contributed by atoms with Crippen molar-refractivity contribution in [3.63, 3.8) is 0 Å². The topological polar surface area (TPSA) is 113 Å². The van der Waals surface area contributed by atoms with Gasteiger partial charge in [0.15, 0.2) is 0 Å². The second-order valence-corrected chi connectivity index (χ2v) is 10.8. The number of carbonyl (C=O) groups is 1. The first kappa shape index (κ1) is 24.1. The molecule has 1 atom stereocenters. The summed E-state index contributed by atoms with van der Waals surface area (Å²) in [5, 5.41) is 0. The van der Waals surface area contributed by atoms with Crippen LogP contribution in [0.3, 0.4) is 0 Å². The molecule has 0 radical (unpaired) electrons. The average molecular weight is 486 g/mol. The molecule has 0 spiro atoms. The van der Waals surface area contributed by atoms with Gasteiger partial charge in [-0.1, -0.05) is 12.1 Å². The van der Waals surface area contributed by atoms with Crippen molar-refractivity contribution in [1.82, 2.24) is 13.9 Å². The van der Waals surface area contributed by atoms with Crippen LogP contribution in [-0.2, 0) is 24.8 Å². The molecule has 9 nitrogen and oxygen atoms in total. The molecule has 0 saturated carbocycles. The maximum absolute atomic E-state index is 13.8. The number of hydrogen-bond acceptors (Lipinski definition) is 6. The van der Waals surface area contributed by atoms with Crippen LogP contribution in [0.2, 0.25) is 0 Å². The van der Waals surface area contributed by atoms with Gasteiger partial charge in [-0.3, -0.25) is 4.79 Å². The van der Waals surface area contributed by atoms with Crippen molar-refractivity contribution < 1.29 is 30.8 Å². The fourth-order valence-corrected chi connectivity index (χ4v) is 6.03. The Kier molecular flexibility index (Phi) is 7.18. The molecule has 0 bridgehead atoms. The molecule has 174 valence electrons. The van der Waals surface area contributed by atoms with E-state index >= 15 is 0 Å². The first-order valence-corrected chi connectivity index (χ1v) is 12.7. The zero-order valence-electron chi connectivity index (χ0n) is 17.6. The highest BCUT2D eigenvalue weighted by atomic mass is 32.2. The summed E-state index contributed by atoms with van der Waals surface area (Å²) in [6.45, 7) is 1.68. The first-order chi connectivity index (χ1) is 15.1. The van der Waals surface area contributed by atoms with Crippen LogP contribution >= 0.6 is 0 Å². The number of amides is 1. The first-order valence-electron chi connectivity index (χ1n) is 9.76. The Morgan fingerprint density at radius 3 is 2.16 bits per heavy atom. The van der Waals surface area contributed by atoms with Gasteiger partial charge in [-0.15, -0.1) is 0 Å². The summed E-state index contributed by atoms with van der Waals surface area (Å²) < 4.78 is 72.8. The lowest BCUT2D eigenvalue weighted by Crippen LogP contribution is -2.55. The molecule has 0 aliphatic carbocycles. The number of sulfonamides is 2. The van der Waals surface area contributed by atoms with Crippen LogP contribution in [0.5, 0.6) is 5.75 Å². The van der Waals surface area contributed by atoms with Gasteiger partial charge in [0.2, 0.25) is 26.0 Å². The number of methoxy groups -OCH3 is 1. The summed E-state index contributed by atoms with van der Waals surface area (Å²) in [4.78, 5) is 13.7. The van der Waals surface area contributed by atoms with E-state index in [0.717, 1.165) is 12.1 Å². The molecule has 2 aromatic rings. The normalized spacial score (nSPS) is 16.5. The molecular weight excluding hydrogens is 461 g/mol. The van der Waals surface area contributed by atoms with Gasteiger partial charge in [0.05, 0.1) is 18.0 Å². The van der Waals surface area contributed by atoms with E-state index in [2.05, 4.69) is 4.72 Å². The van der Waals surface area contributed by atoms with Gasteiger partial charge < -0.3 is 9.64 Å². The fourth-order valence-electron chi connectivity index (χ4n) is 3.33. The molecule has 1 aliphatic heterocycles. The third kappa shape index (κ3) is 5.09. The van der Waals surface area contributed by atoms with Crippen molar-refractivity contribution in [3.05, 3.63) is 54.3 Å². The lowest BCUT2D eigenvalue weighted by Gasteiger charge is -2.35. The lowest BCUT2D eigenvalue weighted by atomic mass is 10.2. The zero-order valence-corrected chi connectivity index (χ0v) is 19.2. The average Bonchev–Trinajstić information content (AvgIpc) is 2.78. The zero-order chi connectivity index (χ0) is 23.5. The van der Waals surface area contributed by atoms with Crippen LogP contribution in [0.1, 0.15) is 6.92 Å². The minimum atomic E-state index is -4.24. The van der Waals surface area contributed by atoms with Crippen molar-refractivity contribution >= 4 is 26.0 Å². The highest BCUT2D eigenvalue weighted by Gasteiger charge is 2.33. The number of halogens is 1. The number of benzene rings is 2.